The first-order chi connectivity index (χ1) is 8.86. The second-order valence-corrected chi connectivity index (χ2v) is 4.01. The standard InChI is InChI=1S/C14H23BO3/c1-3-16-15(17-4-2)18-13-9-8-12-14-10-6-5-7-11-14/h5-7,10-11H,3-4,8-9,12-13H2,1-2H3. The van der Waals surface area contributed by atoms with Gasteiger partial charge in [0.05, 0.1) is 0 Å². The molecule has 1 aromatic carbocycles. The van der Waals surface area contributed by atoms with Crippen molar-refractivity contribution < 1.29 is 14.0 Å². The van der Waals surface area contributed by atoms with E-state index in [-0.39, 0.29) is 0 Å². The number of rotatable bonds is 10. The average Bonchev–Trinajstić information content (AvgIpc) is 2.40. The Balaban J connectivity index is 2.06. The Bertz CT molecular complexity index is 286. The molecule has 0 N–H and O–H groups in total. The Kier molecular flexibility index (Phi) is 8.56. The van der Waals surface area contributed by atoms with E-state index in [1.54, 1.807) is 0 Å². The molecule has 0 aliphatic heterocycles. The monoisotopic (exact) mass is 250 g/mol. The summed E-state index contributed by atoms with van der Waals surface area (Å²) in [4.78, 5) is 0. The molecule has 0 aliphatic rings. The van der Waals surface area contributed by atoms with E-state index < -0.39 is 7.32 Å². The Hall–Kier alpha value is -0.835. The zero-order valence-corrected chi connectivity index (χ0v) is 11.4. The van der Waals surface area contributed by atoms with Gasteiger partial charge in [0.15, 0.2) is 0 Å². The summed E-state index contributed by atoms with van der Waals surface area (Å²) in [6.07, 6.45) is 3.23. The van der Waals surface area contributed by atoms with E-state index in [1.807, 2.05) is 19.9 Å². The number of benzene rings is 1. The largest absolute Gasteiger partial charge is 0.639 e. The highest BCUT2D eigenvalue weighted by molar-refractivity contribution is 6.36. The lowest BCUT2D eigenvalue weighted by molar-refractivity contribution is 0.101. The second kappa shape index (κ2) is 10.1. The van der Waals surface area contributed by atoms with Crippen LogP contribution in [-0.4, -0.2) is 27.1 Å². The maximum Gasteiger partial charge on any atom is 0.639 e. The van der Waals surface area contributed by atoms with Crippen LogP contribution in [0, 0.1) is 0 Å². The summed E-state index contributed by atoms with van der Waals surface area (Å²) in [5, 5.41) is 0. The van der Waals surface area contributed by atoms with Crippen LogP contribution in [0.3, 0.4) is 0 Å². The van der Waals surface area contributed by atoms with Gasteiger partial charge in [-0.25, -0.2) is 0 Å². The molecule has 0 unspecified atom stereocenters. The van der Waals surface area contributed by atoms with Gasteiger partial charge in [-0.15, -0.1) is 0 Å². The maximum atomic E-state index is 5.52. The van der Waals surface area contributed by atoms with E-state index in [1.165, 1.54) is 5.56 Å². The van der Waals surface area contributed by atoms with Crippen molar-refractivity contribution in [1.29, 1.82) is 0 Å². The van der Waals surface area contributed by atoms with Crippen LogP contribution in [0.2, 0.25) is 0 Å². The normalized spacial score (nSPS) is 10.6. The smallest absolute Gasteiger partial charge is 0.386 e. The molecule has 0 amide bonds. The van der Waals surface area contributed by atoms with Crippen molar-refractivity contribution in [1.82, 2.24) is 0 Å². The van der Waals surface area contributed by atoms with Gasteiger partial charge < -0.3 is 14.0 Å². The maximum absolute atomic E-state index is 5.52. The highest BCUT2D eigenvalue weighted by atomic mass is 16.7. The number of unbranched alkanes of at least 4 members (excludes halogenated alkanes) is 1. The second-order valence-electron chi connectivity index (χ2n) is 4.01. The third-order valence-corrected chi connectivity index (χ3v) is 2.56. The summed E-state index contributed by atoms with van der Waals surface area (Å²) in [6, 6.07) is 10.5. The Morgan fingerprint density at radius 2 is 1.56 bits per heavy atom. The predicted octanol–water partition coefficient (Wildman–Crippen LogP) is 3.08. The van der Waals surface area contributed by atoms with Gasteiger partial charge >= 0.3 is 7.32 Å². The Morgan fingerprint density at radius 1 is 0.889 bits per heavy atom. The highest BCUT2D eigenvalue weighted by Gasteiger charge is 2.18. The van der Waals surface area contributed by atoms with Crippen LogP contribution < -0.4 is 0 Å². The fourth-order valence-electron chi connectivity index (χ4n) is 1.67. The third-order valence-electron chi connectivity index (χ3n) is 2.56. The lowest BCUT2D eigenvalue weighted by Crippen LogP contribution is -2.27. The summed E-state index contributed by atoms with van der Waals surface area (Å²) in [5.41, 5.74) is 1.38. The molecular formula is C14H23BO3. The minimum atomic E-state index is -0.503. The van der Waals surface area contributed by atoms with Crippen LogP contribution in [0.4, 0.5) is 0 Å². The van der Waals surface area contributed by atoms with E-state index in [9.17, 15) is 0 Å². The molecule has 100 valence electrons. The fourth-order valence-corrected chi connectivity index (χ4v) is 1.67. The van der Waals surface area contributed by atoms with E-state index in [0.717, 1.165) is 19.3 Å². The molecular weight excluding hydrogens is 227 g/mol. The van der Waals surface area contributed by atoms with Gasteiger partial charge in [0, 0.05) is 19.8 Å². The van der Waals surface area contributed by atoms with Gasteiger partial charge in [-0.3, -0.25) is 0 Å². The van der Waals surface area contributed by atoms with Crippen LogP contribution in [0.25, 0.3) is 0 Å². The molecule has 0 spiro atoms. The fraction of sp³-hybridized carbons (Fsp3) is 0.571. The number of aryl methyl sites for hydroxylation is 1. The molecule has 3 nitrogen and oxygen atoms in total. The van der Waals surface area contributed by atoms with Crippen molar-refractivity contribution in [3.63, 3.8) is 0 Å². The van der Waals surface area contributed by atoms with Gasteiger partial charge in [-0.2, -0.15) is 0 Å². The van der Waals surface area contributed by atoms with Crippen LogP contribution in [0.1, 0.15) is 32.3 Å². The molecule has 0 aliphatic carbocycles. The first kappa shape index (κ1) is 15.2. The summed E-state index contributed by atoms with van der Waals surface area (Å²) in [5.74, 6) is 0. The van der Waals surface area contributed by atoms with Crippen LogP contribution in [0.5, 0.6) is 0 Å². The Labute approximate surface area is 111 Å². The molecule has 0 radical (unpaired) electrons. The van der Waals surface area contributed by atoms with E-state index in [2.05, 4.69) is 24.3 Å². The minimum Gasteiger partial charge on any atom is -0.386 e. The Morgan fingerprint density at radius 3 is 2.17 bits per heavy atom. The molecule has 0 bridgehead atoms. The average molecular weight is 250 g/mol. The summed E-state index contributed by atoms with van der Waals surface area (Å²) in [6.45, 7) is 5.76. The molecule has 4 heteroatoms. The molecule has 0 atom stereocenters. The molecule has 0 heterocycles. The first-order valence-electron chi connectivity index (χ1n) is 6.75. The first-order valence-corrected chi connectivity index (χ1v) is 6.75. The molecule has 0 saturated heterocycles. The van der Waals surface area contributed by atoms with Gasteiger partial charge in [-0.05, 0) is 38.7 Å². The molecule has 0 fully saturated rings. The predicted molar refractivity (Wildman–Crippen MR) is 74.3 cm³/mol. The summed E-state index contributed by atoms with van der Waals surface area (Å²) >= 11 is 0. The molecule has 1 aromatic rings. The van der Waals surface area contributed by atoms with Gasteiger partial charge in [0.2, 0.25) is 0 Å². The molecule has 0 aromatic heterocycles. The lowest BCUT2D eigenvalue weighted by Gasteiger charge is -2.12. The topological polar surface area (TPSA) is 27.7 Å². The minimum absolute atomic E-state index is 0.503. The van der Waals surface area contributed by atoms with Crippen molar-refractivity contribution in [3.8, 4) is 0 Å². The van der Waals surface area contributed by atoms with E-state index >= 15 is 0 Å². The van der Waals surface area contributed by atoms with Crippen LogP contribution >= 0.6 is 0 Å². The van der Waals surface area contributed by atoms with Gasteiger partial charge in [0.25, 0.3) is 0 Å². The van der Waals surface area contributed by atoms with Crippen molar-refractivity contribution in [3.05, 3.63) is 35.9 Å². The SMILES string of the molecule is CCOB(OCC)OCCCCc1ccccc1. The van der Waals surface area contributed by atoms with Crippen molar-refractivity contribution in [2.45, 2.75) is 33.1 Å². The highest BCUT2D eigenvalue weighted by Crippen LogP contribution is 2.05. The van der Waals surface area contributed by atoms with Gasteiger partial charge in [-0.1, -0.05) is 30.3 Å². The molecule has 18 heavy (non-hydrogen) atoms. The zero-order chi connectivity index (χ0) is 13.1. The van der Waals surface area contributed by atoms with E-state index in [4.69, 9.17) is 14.0 Å². The van der Waals surface area contributed by atoms with Crippen molar-refractivity contribution in [2.24, 2.45) is 0 Å². The lowest BCUT2D eigenvalue weighted by atomic mass is 10.1. The van der Waals surface area contributed by atoms with Gasteiger partial charge in [0.1, 0.15) is 0 Å². The van der Waals surface area contributed by atoms with Crippen molar-refractivity contribution in [2.75, 3.05) is 19.8 Å². The van der Waals surface area contributed by atoms with Crippen LogP contribution in [0.15, 0.2) is 30.3 Å². The zero-order valence-electron chi connectivity index (χ0n) is 11.4. The molecule has 1 rings (SSSR count). The van der Waals surface area contributed by atoms with E-state index in [0.29, 0.717) is 19.8 Å². The quantitative estimate of drug-likeness (QED) is 0.471. The number of hydrogen-bond donors (Lipinski definition) is 0. The number of hydrogen-bond acceptors (Lipinski definition) is 3. The van der Waals surface area contributed by atoms with Crippen LogP contribution in [-0.2, 0) is 20.4 Å². The summed E-state index contributed by atoms with van der Waals surface area (Å²) < 4.78 is 16.1. The van der Waals surface area contributed by atoms with Crippen molar-refractivity contribution >= 4 is 7.32 Å². The summed E-state index contributed by atoms with van der Waals surface area (Å²) in [7, 11) is -0.503. The third kappa shape index (κ3) is 6.79. The molecule has 0 saturated carbocycles.